The van der Waals surface area contributed by atoms with Gasteiger partial charge in [-0.3, -0.25) is 0 Å². The van der Waals surface area contributed by atoms with Crippen LogP contribution in [0.4, 0.5) is 13.2 Å². The van der Waals surface area contributed by atoms with E-state index in [0.717, 1.165) is 6.07 Å². The predicted molar refractivity (Wildman–Crippen MR) is 50.3 cm³/mol. The average Bonchev–Trinajstić information content (AvgIpc) is 1.97. The number of hydrogen-bond donors (Lipinski definition) is 0. The summed E-state index contributed by atoms with van der Waals surface area (Å²) in [6.45, 7) is 1.32. The largest absolute Gasteiger partial charge is 0.219 e. The van der Waals surface area contributed by atoms with Crippen LogP contribution in [0.15, 0.2) is 6.07 Å². The zero-order valence-electron chi connectivity index (χ0n) is 6.85. The van der Waals surface area contributed by atoms with Crippen molar-refractivity contribution in [1.82, 2.24) is 0 Å². The molecule has 0 nitrogen and oxygen atoms in total. The predicted octanol–water partition coefficient (Wildman–Crippen LogP) is 4.24. The molecule has 0 aliphatic carbocycles. The molecule has 0 bridgehead atoms. The summed E-state index contributed by atoms with van der Waals surface area (Å²) in [5.74, 6) is -4.42. The number of rotatable bonds is 0. The molecule has 0 fully saturated rings. The van der Waals surface area contributed by atoms with Gasteiger partial charge in [0, 0.05) is 5.56 Å². The Kier molecular flexibility index (Phi) is 3.24. The highest BCUT2D eigenvalue weighted by Crippen LogP contribution is 2.42. The monoisotopic (exact) mass is 262 g/mol. The first kappa shape index (κ1) is 12.0. The topological polar surface area (TPSA) is 0 Å². The van der Waals surface area contributed by atoms with Crippen molar-refractivity contribution in [3.63, 3.8) is 0 Å². The molecule has 1 aromatic rings. The molecule has 0 aliphatic rings. The molecule has 1 aromatic carbocycles. The second kappa shape index (κ2) is 3.80. The Morgan fingerprint density at radius 2 is 1.57 bits per heavy atom. The van der Waals surface area contributed by atoms with Crippen molar-refractivity contribution < 1.29 is 13.2 Å². The van der Waals surface area contributed by atoms with Gasteiger partial charge in [0.2, 0.25) is 3.79 Å². The van der Waals surface area contributed by atoms with E-state index in [0.29, 0.717) is 0 Å². The molecule has 0 N–H and O–H groups in total. The zero-order chi connectivity index (χ0) is 11.1. The maximum absolute atomic E-state index is 13.2. The van der Waals surface area contributed by atoms with E-state index in [9.17, 15) is 13.2 Å². The highest BCUT2D eigenvalue weighted by molar-refractivity contribution is 6.66. The molecule has 14 heavy (non-hydrogen) atoms. The Labute approximate surface area is 93.6 Å². The summed E-state index contributed by atoms with van der Waals surface area (Å²) in [7, 11) is 0. The van der Waals surface area contributed by atoms with Gasteiger partial charge >= 0.3 is 0 Å². The van der Waals surface area contributed by atoms with Crippen molar-refractivity contribution >= 4 is 34.8 Å². The van der Waals surface area contributed by atoms with E-state index in [2.05, 4.69) is 0 Å². The molecule has 0 saturated carbocycles. The smallest absolute Gasteiger partial charge is 0.204 e. The van der Waals surface area contributed by atoms with Crippen LogP contribution in [0.25, 0.3) is 0 Å². The van der Waals surface area contributed by atoms with Gasteiger partial charge in [-0.15, -0.1) is 0 Å². The van der Waals surface area contributed by atoms with Crippen LogP contribution in [-0.4, -0.2) is 0 Å². The molecule has 0 spiro atoms. The third kappa shape index (κ3) is 2.10. The van der Waals surface area contributed by atoms with Crippen molar-refractivity contribution in [3.05, 3.63) is 34.6 Å². The van der Waals surface area contributed by atoms with E-state index in [1.807, 2.05) is 0 Å². The van der Waals surface area contributed by atoms with Crippen LogP contribution < -0.4 is 0 Å². The number of alkyl halides is 3. The lowest BCUT2D eigenvalue weighted by atomic mass is 10.1. The third-order valence-corrected chi connectivity index (χ3v) is 2.21. The second-order valence-electron chi connectivity index (χ2n) is 2.68. The number of benzene rings is 1. The van der Waals surface area contributed by atoms with E-state index in [1.165, 1.54) is 6.92 Å². The summed E-state index contributed by atoms with van der Waals surface area (Å²) in [6, 6.07) is 0.773. The summed E-state index contributed by atoms with van der Waals surface area (Å²) in [5, 5.41) is 0. The molecule has 0 aliphatic heterocycles. The van der Waals surface area contributed by atoms with E-state index >= 15 is 0 Å². The molecule has 0 unspecified atom stereocenters. The number of halogens is 6. The minimum Gasteiger partial charge on any atom is -0.204 e. The first-order chi connectivity index (χ1) is 6.25. The fourth-order valence-corrected chi connectivity index (χ4v) is 1.76. The lowest BCUT2D eigenvalue weighted by Crippen LogP contribution is -2.10. The summed E-state index contributed by atoms with van der Waals surface area (Å²) >= 11 is 16.2. The second-order valence-corrected chi connectivity index (χ2v) is 4.96. The fourth-order valence-electron chi connectivity index (χ4n) is 1.06. The van der Waals surface area contributed by atoms with E-state index in [1.54, 1.807) is 0 Å². The van der Waals surface area contributed by atoms with Gasteiger partial charge in [-0.05, 0) is 18.6 Å². The summed E-state index contributed by atoms with van der Waals surface area (Å²) in [4.78, 5) is 0. The van der Waals surface area contributed by atoms with Gasteiger partial charge in [-0.1, -0.05) is 34.8 Å². The van der Waals surface area contributed by atoms with Crippen LogP contribution in [0.3, 0.4) is 0 Å². The Morgan fingerprint density at radius 3 is 2.00 bits per heavy atom. The van der Waals surface area contributed by atoms with Crippen LogP contribution in [0, 0.1) is 24.4 Å². The van der Waals surface area contributed by atoms with Crippen molar-refractivity contribution in [2.75, 3.05) is 0 Å². The highest BCUT2D eigenvalue weighted by atomic mass is 35.6. The fraction of sp³-hybridized carbons (Fsp3) is 0.250. The molecule has 0 aromatic heterocycles. The van der Waals surface area contributed by atoms with Crippen LogP contribution in [0.2, 0.25) is 0 Å². The molecule has 0 radical (unpaired) electrons. The van der Waals surface area contributed by atoms with Crippen LogP contribution in [0.5, 0.6) is 0 Å². The van der Waals surface area contributed by atoms with Crippen molar-refractivity contribution in [3.8, 4) is 0 Å². The van der Waals surface area contributed by atoms with Gasteiger partial charge < -0.3 is 0 Å². The first-order valence-electron chi connectivity index (χ1n) is 3.46. The standard InChI is InChI=1S/C8H4Cl3F3/c1-3-2-4(12)6(13)7(14)5(3)8(9,10)11/h2H,1H3. The first-order valence-corrected chi connectivity index (χ1v) is 4.60. The van der Waals surface area contributed by atoms with Crippen LogP contribution in [0.1, 0.15) is 11.1 Å². The minimum absolute atomic E-state index is 0.0430. The maximum Gasteiger partial charge on any atom is 0.219 e. The minimum atomic E-state index is -2.11. The van der Waals surface area contributed by atoms with Gasteiger partial charge in [0.1, 0.15) is 0 Å². The molecule has 0 saturated heterocycles. The highest BCUT2D eigenvalue weighted by Gasteiger charge is 2.31. The quantitative estimate of drug-likeness (QED) is 0.485. The molecule has 78 valence electrons. The zero-order valence-corrected chi connectivity index (χ0v) is 9.11. The lowest BCUT2D eigenvalue weighted by Gasteiger charge is -2.15. The van der Waals surface area contributed by atoms with Crippen molar-refractivity contribution in [2.45, 2.75) is 10.7 Å². The Hall–Kier alpha value is -0.120. The normalized spacial score (nSPS) is 11.9. The van der Waals surface area contributed by atoms with Crippen LogP contribution >= 0.6 is 34.8 Å². The summed E-state index contributed by atoms with van der Waals surface area (Å²) in [6.07, 6.45) is 0. The molecular weight excluding hydrogens is 259 g/mol. The molecule has 0 amide bonds. The van der Waals surface area contributed by atoms with E-state index in [-0.39, 0.29) is 5.56 Å². The van der Waals surface area contributed by atoms with Gasteiger partial charge in [-0.2, -0.15) is 0 Å². The van der Waals surface area contributed by atoms with Gasteiger partial charge in [0.25, 0.3) is 0 Å². The van der Waals surface area contributed by atoms with Crippen molar-refractivity contribution in [1.29, 1.82) is 0 Å². The average molecular weight is 263 g/mol. The summed E-state index contributed by atoms with van der Waals surface area (Å²) < 4.78 is 36.5. The van der Waals surface area contributed by atoms with Gasteiger partial charge in [0.05, 0.1) is 0 Å². The van der Waals surface area contributed by atoms with Crippen LogP contribution in [-0.2, 0) is 3.79 Å². The maximum atomic E-state index is 13.2. The van der Waals surface area contributed by atoms with E-state index < -0.39 is 26.8 Å². The van der Waals surface area contributed by atoms with E-state index in [4.69, 9.17) is 34.8 Å². The third-order valence-electron chi connectivity index (χ3n) is 1.64. The van der Waals surface area contributed by atoms with Crippen molar-refractivity contribution in [2.24, 2.45) is 0 Å². The molecular formula is C8H4Cl3F3. The Morgan fingerprint density at radius 1 is 1.07 bits per heavy atom. The lowest BCUT2D eigenvalue weighted by molar-refractivity contribution is 0.440. The molecule has 0 atom stereocenters. The Bertz CT molecular complexity index is 371. The number of aryl methyl sites for hydroxylation is 1. The Balaban J connectivity index is 3.53. The molecule has 0 heterocycles. The SMILES string of the molecule is Cc1cc(F)c(F)c(F)c1C(Cl)(Cl)Cl. The summed E-state index contributed by atoms with van der Waals surface area (Å²) in [5.41, 5.74) is -0.428. The number of hydrogen-bond acceptors (Lipinski definition) is 0. The molecule has 6 heteroatoms. The molecule has 1 rings (SSSR count). The van der Waals surface area contributed by atoms with Gasteiger partial charge in [0.15, 0.2) is 17.5 Å². The van der Waals surface area contributed by atoms with Gasteiger partial charge in [-0.25, -0.2) is 13.2 Å².